The Morgan fingerprint density at radius 2 is 2.39 bits per heavy atom. The van der Waals surface area contributed by atoms with Crippen LogP contribution in [-0.2, 0) is 13.6 Å². The van der Waals surface area contributed by atoms with Gasteiger partial charge < -0.3 is 4.52 Å². The zero-order valence-corrected chi connectivity index (χ0v) is 10.6. The number of nitrogens with zero attached hydrogens (tertiary/aromatic N) is 6. The molecule has 0 aliphatic carbocycles. The van der Waals surface area contributed by atoms with E-state index in [1.54, 1.807) is 7.05 Å². The van der Waals surface area contributed by atoms with Crippen molar-refractivity contribution in [3.8, 4) is 0 Å². The van der Waals surface area contributed by atoms with E-state index in [9.17, 15) is 0 Å². The van der Waals surface area contributed by atoms with Gasteiger partial charge in [0.15, 0.2) is 11.6 Å². The average molecular weight is 248 g/mol. The van der Waals surface area contributed by atoms with E-state index >= 15 is 0 Å². The zero-order valence-electron chi connectivity index (χ0n) is 10.6. The molecule has 0 aromatic carbocycles. The SMILES string of the molecule is Cc1cc(C2CCCN2Cc2nnn(C)n2)on1. The van der Waals surface area contributed by atoms with Crippen LogP contribution in [-0.4, -0.2) is 36.8 Å². The number of rotatable bonds is 3. The Morgan fingerprint density at radius 3 is 3.06 bits per heavy atom. The molecule has 2 aromatic heterocycles. The molecule has 96 valence electrons. The van der Waals surface area contributed by atoms with E-state index in [1.807, 2.05) is 13.0 Å². The summed E-state index contributed by atoms with van der Waals surface area (Å²) in [6, 6.07) is 2.29. The second kappa shape index (κ2) is 4.49. The van der Waals surface area contributed by atoms with Crippen LogP contribution in [0, 0.1) is 6.92 Å². The molecule has 1 aliphatic rings. The van der Waals surface area contributed by atoms with Gasteiger partial charge in [-0.25, -0.2) is 0 Å². The molecule has 0 N–H and O–H groups in total. The van der Waals surface area contributed by atoms with Crippen LogP contribution in [0.15, 0.2) is 10.6 Å². The Kier molecular flexibility index (Phi) is 2.83. The molecule has 7 heteroatoms. The van der Waals surface area contributed by atoms with Crippen molar-refractivity contribution in [1.29, 1.82) is 0 Å². The van der Waals surface area contributed by atoms with Crippen molar-refractivity contribution >= 4 is 0 Å². The number of aromatic nitrogens is 5. The Hall–Kier alpha value is -1.76. The topological polar surface area (TPSA) is 72.9 Å². The summed E-state index contributed by atoms with van der Waals surface area (Å²) in [5.41, 5.74) is 0.925. The van der Waals surface area contributed by atoms with Crippen LogP contribution in [0.4, 0.5) is 0 Å². The molecule has 7 nitrogen and oxygen atoms in total. The van der Waals surface area contributed by atoms with Crippen molar-refractivity contribution in [2.45, 2.75) is 32.4 Å². The molecule has 18 heavy (non-hydrogen) atoms. The van der Waals surface area contributed by atoms with Crippen molar-refractivity contribution in [2.24, 2.45) is 7.05 Å². The molecule has 0 radical (unpaired) electrons. The zero-order chi connectivity index (χ0) is 12.5. The fraction of sp³-hybridized carbons (Fsp3) is 0.636. The summed E-state index contributed by atoms with van der Waals surface area (Å²) in [4.78, 5) is 3.80. The quantitative estimate of drug-likeness (QED) is 0.801. The third kappa shape index (κ3) is 2.13. The van der Waals surface area contributed by atoms with E-state index in [0.717, 1.165) is 36.7 Å². The van der Waals surface area contributed by atoms with Crippen molar-refractivity contribution in [3.63, 3.8) is 0 Å². The molecule has 0 saturated carbocycles. The highest BCUT2D eigenvalue weighted by molar-refractivity contribution is 5.09. The van der Waals surface area contributed by atoms with Gasteiger partial charge in [0.25, 0.3) is 0 Å². The first kappa shape index (κ1) is 11.3. The average Bonchev–Trinajstić information content (AvgIpc) is 3.01. The summed E-state index contributed by atoms with van der Waals surface area (Å²) in [5, 5.41) is 16.1. The molecule has 3 rings (SSSR count). The molecule has 1 aliphatic heterocycles. The molecular formula is C11H16N6O. The monoisotopic (exact) mass is 248 g/mol. The van der Waals surface area contributed by atoms with E-state index in [-0.39, 0.29) is 6.04 Å². The lowest BCUT2D eigenvalue weighted by atomic mass is 10.1. The molecular weight excluding hydrogens is 232 g/mol. The van der Waals surface area contributed by atoms with Gasteiger partial charge in [-0.2, -0.15) is 4.80 Å². The fourth-order valence-corrected chi connectivity index (χ4v) is 2.45. The van der Waals surface area contributed by atoms with E-state index in [0.29, 0.717) is 6.54 Å². The lowest BCUT2D eigenvalue weighted by Gasteiger charge is -2.20. The largest absolute Gasteiger partial charge is 0.359 e. The van der Waals surface area contributed by atoms with Gasteiger partial charge in [0.05, 0.1) is 25.3 Å². The Morgan fingerprint density at radius 1 is 1.50 bits per heavy atom. The van der Waals surface area contributed by atoms with Crippen LogP contribution in [0.1, 0.15) is 36.2 Å². The summed E-state index contributed by atoms with van der Waals surface area (Å²) in [5.74, 6) is 1.69. The number of likely N-dealkylation sites (tertiary alicyclic amines) is 1. The molecule has 0 spiro atoms. The normalized spacial score (nSPS) is 20.7. The van der Waals surface area contributed by atoms with Crippen LogP contribution in [0.25, 0.3) is 0 Å². The molecule has 1 saturated heterocycles. The highest BCUT2D eigenvalue weighted by Crippen LogP contribution is 2.32. The predicted molar refractivity (Wildman–Crippen MR) is 62.4 cm³/mol. The Balaban J connectivity index is 1.75. The Bertz CT molecular complexity index is 533. The third-order valence-electron chi connectivity index (χ3n) is 3.23. The van der Waals surface area contributed by atoms with Crippen molar-refractivity contribution in [2.75, 3.05) is 6.54 Å². The summed E-state index contributed by atoms with van der Waals surface area (Å²) in [7, 11) is 1.78. The summed E-state index contributed by atoms with van der Waals surface area (Å²) < 4.78 is 5.37. The van der Waals surface area contributed by atoms with Gasteiger partial charge in [0.2, 0.25) is 0 Å². The molecule has 2 aromatic rings. The number of hydrogen-bond acceptors (Lipinski definition) is 6. The van der Waals surface area contributed by atoms with Gasteiger partial charge in [0.1, 0.15) is 0 Å². The van der Waals surface area contributed by atoms with Crippen LogP contribution in [0.5, 0.6) is 0 Å². The second-order valence-electron chi connectivity index (χ2n) is 4.69. The molecule has 1 atom stereocenters. The lowest BCUT2D eigenvalue weighted by molar-refractivity contribution is 0.202. The molecule has 1 unspecified atom stereocenters. The van der Waals surface area contributed by atoms with Gasteiger partial charge in [-0.3, -0.25) is 4.90 Å². The van der Waals surface area contributed by atoms with Crippen molar-refractivity contribution in [3.05, 3.63) is 23.3 Å². The minimum atomic E-state index is 0.287. The van der Waals surface area contributed by atoms with Gasteiger partial charge in [-0.05, 0) is 31.5 Å². The second-order valence-corrected chi connectivity index (χ2v) is 4.69. The van der Waals surface area contributed by atoms with Gasteiger partial charge >= 0.3 is 0 Å². The minimum Gasteiger partial charge on any atom is -0.359 e. The highest BCUT2D eigenvalue weighted by atomic mass is 16.5. The van der Waals surface area contributed by atoms with E-state index in [1.165, 1.54) is 4.80 Å². The highest BCUT2D eigenvalue weighted by Gasteiger charge is 2.29. The van der Waals surface area contributed by atoms with Crippen LogP contribution >= 0.6 is 0 Å². The predicted octanol–water partition coefficient (Wildman–Crippen LogP) is 0.844. The van der Waals surface area contributed by atoms with E-state index in [2.05, 4.69) is 25.5 Å². The van der Waals surface area contributed by atoms with Gasteiger partial charge in [-0.1, -0.05) is 5.16 Å². The summed E-state index contributed by atoms with van der Waals surface area (Å²) in [6.07, 6.45) is 2.25. The fourth-order valence-electron chi connectivity index (χ4n) is 2.45. The maximum atomic E-state index is 5.37. The maximum absolute atomic E-state index is 5.37. The maximum Gasteiger partial charge on any atom is 0.188 e. The minimum absolute atomic E-state index is 0.287. The van der Waals surface area contributed by atoms with E-state index < -0.39 is 0 Å². The van der Waals surface area contributed by atoms with E-state index in [4.69, 9.17) is 4.52 Å². The van der Waals surface area contributed by atoms with Crippen LogP contribution in [0.2, 0.25) is 0 Å². The number of tetrazole rings is 1. The molecule has 3 heterocycles. The van der Waals surface area contributed by atoms with Crippen molar-refractivity contribution in [1.82, 2.24) is 30.3 Å². The number of hydrogen-bond donors (Lipinski definition) is 0. The molecule has 0 amide bonds. The standard InChI is InChI=1S/C11H16N6O/c1-8-6-10(18-14-8)9-4-3-5-17(9)7-11-12-15-16(2)13-11/h6,9H,3-5,7H2,1-2H3. The number of aryl methyl sites for hydroxylation is 2. The Labute approximate surface area is 105 Å². The first-order chi connectivity index (χ1) is 8.72. The lowest BCUT2D eigenvalue weighted by Crippen LogP contribution is -2.23. The first-order valence-electron chi connectivity index (χ1n) is 6.12. The van der Waals surface area contributed by atoms with Gasteiger partial charge in [0, 0.05) is 6.07 Å². The summed E-state index contributed by atoms with van der Waals surface area (Å²) >= 11 is 0. The first-order valence-corrected chi connectivity index (χ1v) is 6.12. The van der Waals surface area contributed by atoms with Crippen LogP contribution in [0.3, 0.4) is 0 Å². The van der Waals surface area contributed by atoms with Gasteiger partial charge in [-0.15, -0.1) is 10.2 Å². The molecule has 1 fully saturated rings. The smallest absolute Gasteiger partial charge is 0.188 e. The third-order valence-corrected chi connectivity index (χ3v) is 3.23. The van der Waals surface area contributed by atoms with Crippen LogP contribution < -0.4 is 0 Å². The van der Waals surface area contributed by atoms with Crippen molar-refractivity contribution < 1.29 is 4.52 Å². The molecule has 0 bridgehead atoms. The summed E-state index contributed by atoms with van der Waals surface area (Å²) in [6.45, 7) is 3.68.